The maximum absolute atomic E-state index is 12.4. The quantitative estimate of drug-likeness (QED) is 0.435. The number of rotatable bonds is 4. The van der Waals surface area contributed by atoms with Gasteiger partial charge in [0.1, 0.15) is 5.54 Å². The van der Waals surface area contributed by atoms with Crippen molar-refractivity contribution in [3.8, 4) is 0 Å². The van der Waals surface area contributed by atoms with Crippen LogP contribution in [0.5, 0.6) is 0 Å². The first-order valence-electron chi connectivity index (χ1n) is 6.72. The minimum absolute atomic E-state index is 0.0388. The summed E-state index contributed by atoms with van der Waals surface area (Å²) in [5.41, 5.74) is 4.25. The number of urea groups is 1. The van der Waals surface area contributed by atoms with E-state index in [2.05, 4.69) is 15.1 Å². The summed E-state index contributed by atoms with van der Waals surface area (Å²) in [6, 6.07) is -1.47. The first kappa shape index (κ1) is 15.4. The van der Waals surface area contributed by atoms with Crippen LogP contribution in [0.2, 0.25) is 0 Å². The maximum Gasteiger partial charge on any atom is 0.418 e. The Hall–Kier alpha value is -1.47. The number of aliphatic carboxylic acids is 1. The molecule has 2 bridgehead atoms. The van der Waals surface area contributed by atoms with E-state index in [4.69, 9.17) is 4.55 Å². The van der Waals surface area contributed by atoms with Crippen molar-refractivity contribution in [3.63, 3.8) is 0 Å². The number of carboxylic acids is 1. The minimum Gasteiger partial charge on any atom is -0.479 e. The summed E-state index contributed by atoms with van der Waals surface area (Å²) in [5.74, 6) is -1.50. The van der Waals surface area contributed by atoms with E-state index in [9.17, 15) is 23.1 Å². The van der Waals surface area contributed by atoms with Crippen molar-refractivity contribution in [2.45, 2.75) is 24.4 Å². The average molecular weight is 336 g/mol. The molecule has 3 aliphatic heterocycles. The number of carbonyl (C=O) groups is 2. The lowest BCUT2D eigenvalue weighted by molar-refractivity contribution is -0.154. The number of nitrogens with zero attached hydrogens (tertiary/aromatic N) is 2. The molecule has 3 rings (SSSR count). The van der Waals surface area contributed by atoms with Crippen LogP contribution in [-0.2, 0) is 19.5 Å². The molecule has 124 valence electrons. The monoisotopic (exact) mass is 336 g/mol. The van der Waals surface area contributed by atoms with Gasteiger partial charge in [-0.05, 0) is 12.8 Å². The smallest absolute Gasteiger partial charge is 0.418 e. The summed E-state index contributed by atoms with van der Waals surface area (Å²) in [6.07, 6.45) is 0.443. The van der Waals surface area contributed by atoms with Crippen molar-refractivity contribution in [1.29, 1.82) is 0 Å². The third kappa shape index (κ3) is 2.23. The molecule has 0 saturated carbocycles. The number of hydroxylamine groups is 2. The molecule has 3 heterocycles. The second-order valence-electron chi connectivity index (χ2n) is 5.60. The molecule has 0 aromatic rings. The fourth-order valence-corrected chi connectivity index (χ4v) is 3.91. The van der Waals surface area contributed by atoms with Crippen molar-refractivity contribution >= 4 is 22.4 Å². The molecule has 2 atom stereocenters. The summed E-state index contributed by atoms with van der Waals surface area (Å²) < 4.78 is 34.8. The van der Waals surface area contributed by atoms with E-state index in [0.717, 1.165) is 4.90 Å². The van der Waals surface area contributed by atoms with E-state index >= 15 is 0 Å². The number of hydrogen-bond acceptors (Lipinski definition) is 7. The predicted octanol–water partition coefficient (Wildman–Crippen LogP) is -1.83. The molecule has 0 spiro atoms. The standard InChI is InChI=1S/C10H16N4O7S/c15-8(16)10(6-3-11-12-4-6)2-1-7-5-13(10)9(17)14(7)21-22(18,19)20/h6-7,11-12H,1-5H2,(H,15,16)(H,18,19,20)/t7-,10+/m1/s1. The average Bonchev–Trinajstić information content (AvgIpc) is 3.03. The highest BCUT2D eigenvalue weighted by Crippen LogP contribution is 2.42. The van der Waals surface area contributed by atoms with Crippen LogP contribution >= 0.6 is 0 Å². The summed E-state index contributed by atoms with van der Waals surface area (Å²) >= 11 is 0. The van der Waals surface area contributed by atoms with E-state index in [0.29, 0.717) is 18.2 Å². The number of nitrogens with one attached hydrogen (secondary N) is 2. The van der Waals surface area contributed by atoms with Crippen molar-refractivity contribution in [1.82, 2.24) is 20.8 Å². The Bertz CT molecular complexity index is 604. The summed E-state index contributed by atoms with van der Waals surface area (Å²) in [7, 11) is -4.85. The number of hydrazine groups is 1. The highest BCUT2D eigenvalue weighted by Gasteiger charge is 2.61. The number of amides is 2. The van der Waals surface area contributed by atoms with Crippen LogP contribution < -0.4 is 10.9 Å². The Morgan fingerprint density at radius 2 is 2.00 bits per heavy atom. The molecule has 3 aliphatic rings. The summed E-state index contributed by atoms with van der Waals surface area (Å²) in [4.78, 5) is 25.4. The lowest BCUT2D eigenvalue weighted by atomic mass is 9.76. The normalized spacial score (nSPS) is 32.8. The zero-order chi connectivity index (χ0) is 16.1. The van der Waals surface area contributed by atoms with Gasteiger partial charge < -0.3 is 10.0 Å². The van der Waals surface area contributed by atoms with Crippen LogP contribution in [0.25, 0.3) is 0 Å². The molecule has 3 fully saturated rings. The van der Waals surface area contributed by atoms with Gasteiger partial charge in [-0.3, -0.25) is 15.4 Å². The zero-order valence-electron chi connectivity index (χ0n) is 11.4. The van der Waals surface area contributed by atoms with Crippen LogP contribution in [0, 0.1) is 5.92 Å². The Morgan fingerprint density at radius 1 is 1.36 bits per heavy atom. The van der Waals surface area contributed by atoms with Gasteiger partial charge in [0.15, 0.2) is 0 Å². The zero-order valence-corrected chi connectivity index (χ0v) is 12.2. The minimum atomic E-state index is -4.85. The van der Waals surface area contributed by atoms with E-state index in [1.54, 1.807) is 0 Å². The SMILES string of the molecule is O=C1N(OS(=O)(=O)O)[C@@H]2CC[C@@](C(=O)O)(C3CNNC3)N1C2. The van der Waals surface area contributed by atoms with Crippen LogP contribution in [0.3, 0.4) is 0 Å². The topological polar surface area (TPSA) is 149 Å². The molecule has 12 heteroatoms. The van der Waals surface area contributed by atoms with E-state index < -0.39 is 34.0 Å². The summed E-state index contributed by atoms with van der Waals surface area (Å²) in [6.45, 7) is 0.789. The van der Waals surface area contributed by atoms with Gasteiger partial charge in [0, 0.05) is 25.6 Å². The number of carboxylic acid groups (broad SMARTS) is 1. The molecule has 4 N–H and O–H groups in total. The lowest BCUT2D eigenvalue weighted by Gasteiger charge is -2.43. The van der Waals surface area contributed by atoms with Crippen LogP contribution in [-0.4, -0.2) is 71.3 Å². The van der Waals surface area contributed by atoms with Crippen molar-refractivity contribution in [2.24, 2.45) is 5.92 Å². The Kier molecular flexibility index (Phi) is 3.52. The predicted molar refractivity (Wildman–Crippen MR) is 69.5 cm³/mol. The van der Waals surface area contributed by atoms with Crippen LogP contribution in [0.1, 0.15) is 12.8 Å². The molecule has 0 aromatic carbocycles. The third-order valence-electron chi connectivity index (χ3n) is 4.53. The van der Waals surface area contributed by atoms with Gasteiger partial charge in [0.05, 0.1) is 6.04 Å². The van der Waals surface area contributed by atoms with Crippen molar-refractivity contribution < 1.29 is 31.9 Å². The Balaban J connectivity index is 1.93. The Labute approximate surface area is 126 Å². The van der Waals surface area contributed by atoms with Gasteiger partial charge >= 0.3 is 22.4 Å². The van der Waals surface area contributed by atoms with Crippen LogP contribution in [0.15, 0.2) is 0 Å². The van der Waals surface area contributed by atoms with Gasteiger partial charge in [0.2, 0.25) is 0 Å². The van der Waals surface area contributed by atoms with Crippen molar-refractivity contribution in [2.75, 3.05) is 19.6 Å². The second-order valence-corrected chi connectivity index (χ2v) is 6.61. The first-order chi connectivity index (χ1) is 10.3. The highest BCUT2D eigenvalue weighted by molar-refractivity contribution is 7.80. The fraction of sp³-hybridized carbons (Fsp3) is 0.800. The van der Waals surface area contributed by atoms with Gasteiger partial charge in [-0.25, -0.2) is 9.59 Å². The number of carbonyl (C=O) groups excluding carboxylic acids is 1. The molecule has 11 nitrogen and oxygen atoms in total. The molecule has 0 aliphatic carbocycles. The molecule has 22 heavy (non-hydrogen) atoms. The maximum atomic E-state index is 12.4. The second kappa shape index (κ2) is 5.03. The van der Waals surface area contributed by atoms with Crippen molar-refractivity contribution in [3.05, 3.63) is 0 Å². The number of hydrogen-bond donors (Lipinski definition) is 4. The van der Waals surface area contributed by atoms with E-state index in [1.165, 1.54) is 0 Å². The molecular formula is C10H16N4O7S. The molecule has 3 saturated heterocycles. The molecule has 2 amide bonds. The van der Waals surface area contributed by atoms with Gasteiger partial charge in [-0.15, -0.1) is 4.28 Å². The molecular weight excluding hydrogens is 320 g/mol. The summed E-state index contributed by atoms with van der Waals surface area (Å²) in [5, 5.41) is 10.3. The molecule has 0 aromatic heterocycles. The first-order valence-corrected chi connectivity index (χ1v) is 8.09. The van der Waals surface area contributed by atoms with Crippen LogP contribution in [0.4, 0.5) is 4.79 Å². The van der Waals surface area contributed by atoms with E-state index in [-0.39, 0.29) is 25.3 Å². The lowest BCUT2D eigenvalue weighted by Crippen LogP contribution is -2.63. The number of piperidine rings is 1. The van der Waals surface area contributed by atoms with E-state index in [1.807, 2.05) is 0 Å². The number of fused-ring (bicyclic) bond motifs is 2. The van der Waals surface area contributed by atoms with Gasteiger partial charge in [-0.2, -0.15) is 13.5 Å². The molecule has 0 radical (unpaired) electrons. The highest BCUT2D eigenvalue weighted by atomic mass is 32.3. The van der Waals surface area contributed by atoms with Gasteiger partial charge in [0.25, 0.3) is 0 Å². The molecule has 0 unspecified atom stereocenters. The Morgan fingerprint density at radius 3 is 2.55 bits per heavy atom. The largest absolute Gasteiger partial charge is 0.479 e. The fourth-order valence-electron chi connectivity index (χ4n) is 3.52. The van der Waals surface area contributed by atoms with Gasteiger partial charge in [-0.1, -0.05) is 0 Å². The third-order valence-corrected chi connectivity index (χ3v) is 4.88.